The van der Waals surface area contributed by atoms with Crippen LogP contribution >= 0.6 is 11.3 Å². The third-order valence-electron chi connectivity index (χ3n) is 2.31. The van der Waals surface area contributed by atoms with E-state index >= 15 is 0 Å². The minimum atomic E-state index is 0.241. The minimum Gasteiger partial charge on any atom is -0.312 e. The SMILES string of the molecule is CC(C)(C)NCCC=CCCc1ccsc1. The molecule has 1 heterocycles. The predicted octanol–water partition coefficient (Wildman–Crippen LogP) is 4.02. The number of aryl methyl sites for hydroxylation is 1. The molecule has 0 saturated heterocycles. The molecule has 0 saturated carbocycles. The van der Waals surface area contributed by atoms with E-state index in [9.17, 15) is 0 Å². The van der Waals surface area contributed by atoms with Gasteiger partial charge in [0, 0.05) is 5.54 Å². The Labute approximate surface area is 104 Å². The van der Waals surface area contributed by atoms with E-state index < -0.39 is 0 Å². The predicted molar refractivity (Wildman–Crippen MR) is 74.2 cm³/mol. The van der Waals surface area contributed by atoms with Gasteiger partial charge in [0.1, 0.15) is 0 Å². The highest BCUT2D eigenvalue weighted by Gasteiger charge is 2.05. The molecule has 0 aliphatic carbocycles. The molecule has 0 atom stereocenters. The van der Waals surface area contributed by atoms with Crippen LogP contribution in [0.25, 0.3) is 0 Å². The van der Waals surface area contributed by atoms with Crippen LogP contribution in [0.1, 0.15) is 39.2 Å². The van der Waals surface area contributed by atoms with E-state index in [4.69, 9.17) is 0 Å². The van der Waals surface area contributed by atoms with Crippen LogP contribution < -0.4 is 5.32 Å². The lowest BCUT2D eigenvalue weighted by molar-refractivity contribution is 0.431. The lowest BCUT2D eigenvalue weighted by Gasteiger charge is -2.19. The van der Waals surface area contributed by atoms with Gasteiger partial charge in [-0.15, -0.1) is 0 Å². The zero-order chi connectivity index (χ0) is 11.9. The van der Waals surface area contributed by atoms with E-state index in [0.717, 1.165) is 19.4 Å². The Morgan fingerprint density at radius 1 is 1.25 bits per heavy atom. The molecule has 90 valence electrons. The summed E-state index contributed by atoms with van der Waals surface area (Å²) in [6, 6.07) is 2.21. The Hall–Kier alpha value is -0.600. The van der Waals surface area contributed by atoms with Crippen LogP contribution in [0.15, 0.2) is 29.0 Å². The van der Waals surface area contributed by atoms with Gasteiger partial charge in [-0.3, -0.25) is 0 Å². The fourth-order valence-electron chi connectivity index (χ4n) is 1.45. The molecule has 0 bridgehead atoms. The van der Waals surface area contributed by atoms with E-state index in [1.54, 1.807) is 11.3 Å². The molecule has 2 heteroatoms. The molecule has 0 spiro atoms. The van der Waals surface area contributed by atoms with Crippen LogP contribution in [0, 0.1) is 0 Å². The third kappa shape index (κ3) is 6.81. The molecule has 0 unspecified atom stereocenters. The third-order valence-corrected chi connectivity index (χ3v) is 3.04. The molecule has 1 nitrogen and oxygen atoms in total. The van der Waals surface area contributed by atoms with E-state index in [-0.39, 0.29) is 5.54 Å². The zero-order valence-corrected chi connectivity index (χ0v) is 11.4. The van der Waals surface area contributed by atoms with Gasteiger partial charge in [-0.2, -0.15) is 11.3 Å². The summed E-state index contributed by atoms with van der Waals surface area (Å²) in [5.41, 5.74) is 1.70. The van der Waals surface area contributed by atoms with Crippen LogP contribution in [0.3, 0.4) is 0 Å². The van der Waals surface area contributed by atoms with E-state index in [2.05, 4.69) is 55.1 Å². The molecule has 1 aromatic rings. The number of rotatable bonds is 6. The first-order valence-electron chi connectivity index (χ1n) is 5.99. The maximum absolute atomic E-state index is 3.48. The highest BCUT2D eigenvalue weighted by atomic mass is 32.1. The van der Waals surface area contributed by atoms with Crippen molar-refractivity contribution in [3.8, 4) is 0 Å². The van der Waals surface area contributed by atoms with Gasteiger partial charge in [0.2, 0.25) is 0 Å². The van der Waals surface area contributed by atoms with E-state index in [0.29, 0.717) is 0 Å². The molecule has 1 N–H and O–H groups in total. The Balaban J connectivity index is 2.01. The quantitative estimate of drug-likeness (QED) is 0.582. The van der Waals surface area contributed by atoms with Gasteiger partial charge in [0.15, 0.2) is 0 Å². The van der Waals surface area contributed by atoms with Gasteiger partial charge < -0.3 is 5.32 Å². The van der Waals surface area contributed by atoms with Crippen molar-refractivity contribution in [1.82, 2.24) is 5.32 Å². The van der Waals surface area contributed by atoms with Crippen molar-refractivity contribution >= 4 is 11.3 Å². The maximum atomic E-state index is 3.48. The Morgan fingerprint density at radius 2 is 2.00 bits per heavy atom. The standard InChI is InChI=1S/C14H23NS/c1-14(2,3)15-10-7-5-4-6-8-13-9-11-16-12-13/h4-5,9,11-12,15H,6-8,10H2,1-3H3. The van der Waals surface area contributed by atoms with Crippen molar-refractivity contribution in [2.45, 2.75) is 45.6 Å². The Morgan fingerprint density at radius 3 is 2.62 bits per heavy atom. The van der Waals surface area contributed by atoms with Crippen LogP contribution in [0.2, 0.25) is 0 Å². The molecular weight excluding hydrogens is 214 g/mol. The largest absolute Gasteiger partial charge is 0.312 e. The van der Waals surface area contributed by atoms with Gasteiger partial charge >= 0.3 is 0 Å². The van der Waals surface area contributed by atoms with Crippen LogP contribution in [0.4, 0.5) is 0 Å². The lowest BCUT2D eigenvalue weighted by Crippen LogP contribution is -2.36. The molecule has 0 fully saturated rings. The summed E-state index contributed by atoms with van der Waals surface area (Å²) in [5.74, 6) is 0. The molecule has 0 aliphatic heterocycles. The van der Waals surface area contributed by atoms with Crippen molar-refractivity contribution in [2.75, 3.05) is 6.54 Å². The fraction of sp³-hybridized carbons (Fsp3) is 0.571. The maximum Gasteiger partial charge on any atom is 0.00966 e. The second-order valence-corrected chi connectivity index (χ2v) is 5.89. The summed E-state index contributed by atoms with van der Waals surface area (Å²) in [6.45, 7) is 7.67. The lowest BCUT2D eigenvalue weighted by atomic mass is 10.1. The normalized spacial score (nSPS) is 12.4. The Kier molecular flexibility index (Phi) is 5.78. The molecule has 0 amide bonds. The number of nitrogens with one attached hydrogen (secondary N) is 1. The van der Waals surface area contributed by atoms with Crippen molar-refractivity contribution in [3.63, 3.8) is 0 Å². The van der Waals surface area contributed by atoms with Gasteiger partial charge in [-0.1, -0.05) is 12.2 Å². The molecule has 0 aliphatic rings. The van der Waals surface area contributed by atoms with Crippen LogP contribution in [0.5, 0.6) is 0 Å². The van der Waals surface area contributed by atoms with E-state index in [1.807, 2.05) is 0 Å². The van der Waals surface area contributed by atoms with E-state index in [1.165, 1.54) is 12.0 Å². The average Bonchev–Trinajstić information content (AvgIpc) is 2.67. The summed E-state index contributed by atoms with van der Waals surface area (Å²) >= 11 is 1.78. The van der Waals surface area contributed by atoms with Gasteiger partial charge in [-0.05, 0) is 69.0 Å². The van der Waals surface area contributed by atoms with Crippen LogP contribution in [-0.4, -0.2) is 12.1 Å². The molecule has 0 aromatic carbocycles. The monoisotopic (exact) mass is 237 g/mol. The number of hydrogen-bond acceptors (Lipinski definition) is 2. The van der Waals surface area contributed by atoms with Gasteiger partial charge in [0.05, 0.1) is 0 Å². The molecule has 1 rings (SSSR count). The first-order valence-corrected chi connectivity index (χ1v) is 6.93. The molecule has 16 heavy (non-hydrogen) atoms. The molecular formula is C14H23NS. The fourth-order valence-corrected chi connectivity index (χ4v) is 2.15. The Bertz CT molecular complexity index is 293. The first kappa shape index (κ1) is 13.5. The summed E-state index contributed by atoms with van der Waals surface area (Å²) < 4.78 is 0. The number of thiophene rings is 1. The first-order chi connectivity index (χ1) is 7.58. The average molecular weight is 237 g/mol. The smallest absolute Gasteiger partial charge is 0.00966 e. The highest BCUT2D eigenvalue weighted by Crippen LogP contribution is 2.08. The van der Waals surface area contributed by atoms with Crippen LogP contribution in [-0.2, 0) is 6.42 Å². The summed E-state index contributed by atoms with van der Waals surface area (Å²) in [5, 5.41) is 7.85. The zero-order valence-electron chi connectivity index (χ0n) is 10.6. The minimum absolute atomic E-state index is 0.241. The highest BCUT2D eigenvalue weighted by molar-refractivity contribution is 7.07. The number of allylic oxidation sites excluding steroid dienone is 1. The van der Waals surface area contributed by atoms with Gasteiger partial charge in [0.25, 0.3) is 0 Å². The summed E-state index contributed by atoms with van der Waals surface area (Å²) in [7, 11) is 0. The topological polar surface area (TPSA) is 12.0 Å². The second-order valence-electron chi connectivity index (χ2n) is 5.11. The van der Waals surface area contributed by atoms with Crippen molar-refractivity contribution in [2.24, 2.45) is 0 Å². The van der Waals surface area contributed by atoms with Crippen molar-refractivity contribution < 1.29 is 0 Å². The summed E-state index contributed by atoms with van der Waals surface area (Å²) in [6.07, 6.45) is 8.03. The second kappa shape index (κ2) is 6.87. The van der Waals surface area contributed by atoms with Gasteiger partial charge in [-0.25, -0.2) is 0 Å². The number of hydrogen-bond donors (Lipinski definition) is 1. The summed E-state index contributed by atoms with van der Waals surface area (Å²) in [4.78, 5) is 0. The molecule has 1 aromatic heterocycles. The van der Waals surface area contributed by atoms with Crippen molar-refractivity contribution in [1.29, 1.82) is 0 Å². The van der Waals surface area contributed by atoms with Crippen molar-refractivity contribution in [3.05, 3.63) is 34.5 Å². The molecule has 0 radical (unpaired) electrons.